The van der Waals surface area contributed by atoms with Gasteiger partial charge in [0, 0.05) is 24.3 Å². The molecule has 2 aromatic rings. The lowest BCUT2D eigenvalue weighted by Gasteiger charge is -2.41. The van der Waals surface area contributed by atoms with Crippen molar-refractivity contribution in [3.63, 3.8) is 0 Å². The number of benzene rings is 1. The Morgan fingerprint density at radius 3 is 2.23 bits per heavy atom. The summed E-state index contributed by atoms with van der Waals surface area (Å²) >= 11 is 0. The molecule has 0 aliphatic carbocycles. The number of aromatic nitrogens is 1. The number of rotatable bonds is 7. The van der Waals surface area contributed by atoms with E-state index in [1.807, 2.05) is 0 Å². The zero-order chi connectivity index (χ0) is 29.5. The highest BCUT2D eigenvalue weighted by Crippen LogP contribution is 2.40. The highest BCUT2D eigenvalue weighted by Gasteiger charge is 2.44. The van der Waals surface area contributed by atoms with E-state index in [0.717, 1.165) is 25.0 Å². The zero-order valence-electron chi connectivity index (χ0n) is 21.5. The van der Waals surface area contributed by atoms with Gasteiger partial charge in [-0.3, -0.25) is 9.59 Å². The van der Waals surface area contributed by atoms with E-state index in [4.69, 9.17) is 4.74 Å². The molecule has 4 rings (SSSR count). The maximum Gasteiger partial charge on any atom is 0.420 e. The van der Waals surface area contributed by atoms with E-state index in [0.29, 0.717) is 24.7 Å². The fourth-order valence-electron chi connectivity index (χ4n) is 5.12. The Balaban J connectivity index is 1.38. The van der Waals surface area contributed by atoms with Crippen LogP contribution in [0.1, 0.15) is 55.5 Å². The number of anilines is 1. The number of ether oxygens (including phenoxy) is 1. The van der Waals surface area contributed by atoms with Crippen LogP contribution in [-0.2, 0) is 11.0 Å². The standard InChI is InChI=1S/C26H27F7N4O3/c1-24(2,40-20-7-4-15(27)9-19(20)26(31,32)33)23(39)36-16-10-17-5-6-18(11-16)37(17)21-8-3-14(12-34-21)22(38)35-13-25(28,29)30/h3-4,7-9,12,16-18H,5-6,10-11,13H2,1-2H3,(H,35,38)(H,36,39). The molecule has 2 aliphatic heterocycles. The van der Waals surface area contributed by atoms with Crippen molar-refractivity contribution in [1.82, 2.24) is 15.6 Å². The second-order valence-corrected chi connectivity index (χ2v) is 10.4. The molecule has 2 saturated heterocycles. The summed E-state index contributed by atoms with van der Waals surface area (Å²) < 4.78 is 96.0. The Labute approximate surface area is 225 Å². The van der Waals surface area contributed by atoms with Gasteiger partial charge in [-0.2, -0.15) is 26.3 Å². The van der Waals surface area contributed by atoms with Gasteiger partial charge in [0.1, 0.15) is 29.5 Å². The second kappa shape index (κ2) is 10.8. The SMILES string of the molecule is CC(C)(Oc1ccc(F)cc1C(F)(F)F)C(=O)NC1CC2CCC(C1)N2c1ccc(C(=O)NCC(F)(F)F)cn1. The molecule has 14 heteroatoms. The molecule has 0 spiro atoms. The van der Waals surface area contributed by atoms with Crippen molar-refractivity contribution < 1.29 is 45.1 Å². The van der Waals surface area contributed by atoms with E-state index in [2.05, 4.69) is 15.2 Å². The van der Waals surface area contributed by atoms with Crippen LogP contribution in [0.4, 0.5) is 36.6 Å². The molecule has 3 heterocycles. The van der Waals surface area contributed by atoms with Gasteiger partial charge in [-0.05, 0) is 69.9 Å². The first kappa shape index (κ1) is 29.4. The van der Waals surface area contributed by atoms with Crippen molar-refractivity contribution in [1.29, 1.82) is 0 Å². The molecule has 7 nitrogen and oxygen atoms in total. The van der Waals surface area contributed by atoms with Gasteiger partial charge < -0.3 is 20.3 Å². The average Bonchev–Trinajstić information content (AvgIpc) is 3.12. The van der Waals surface area contributed by atoms with Crippen molar-refractivity contribution in [3.8, 4) is 5.75 Å². The number of alkyl halides is 6. The molecule has 0 saturated carbocycles. The largest absolute Gasteiger partial charge is 0.477 e. The lowest BCUT2D eigenvalue weighted by molar-refractivity contribution is -0.144. The summed E-state index contributed by atoms with van der Waals surface area (Å²) in [4.78, 5) is 31.3. The van der Waals surface area contributed by atoms with Crippen LogP contribution in [0.15, 0.2) is 36.5 Å². The number of halogens is 7. The topological polar surface area (TPSA) is 83.6 Å². The minimum absolute atomic E-state index is 0.0143. The normalized spacial score (nSPS) is 21.2. The second-order valence-electron chi connectivity index (χ2n) is 10.4. The van der Waals surface area contributed by atoms with E-state index >= 15 is 0 Å². The van der Waals surface area contributed by atoms with Gasteiger partial charge in [-0.15, -0.1) is 0 Å². The number of nitrogens with zero attached hydrogens (tertiary/aromatic N) is 2. The molecule has 2 aliphatic rings. The molecule has 2 amide bonds. The molecule has 218 valence electrons. The molecule has 1 aromatic carbocycles. The summed E-state index contributed by atoms with van der Waals surface area (Å²) in [5.74, 6) is -2.73. The predicted octanol–water partition coefficient (Wildman–Crippen LogP) is 5.01. The number of amides is 2. The minimum Gasteiger partial charge on any atom is -0.477 e. The molecule has 40 heavy (non-hydrogen) atoms. The first-order valence-corrected chi connectivity index (χ1v) is 12.5. The monoisotopic (exact) mass is 576 g/mol. The highest BCUT2D eigenvalue weighted by atomic mass is 19.4. The van der Waals surface area contributed by atoms with Crippen LogP contribution in [-0.4, -0.2) is 53.2 Å². The van der Waals surface area contributed by atoms with E-state index in [-0.39, 0.29) is 23.7 Å². The van der Waals surface area contributed by atoms with Crippen LogP contribution < -0.4 is 20.3 Å². The van der Waals surface area contributed by atoms with Gasteiger partial charge in [0.15, 0.2) is 5.60 Å². The highest BCUT2D eigenvalue weighted by molar-refractivity contribution is 5.94. The lowest BCUT2D eigenvalue weighted by atomic mass is 9.96. The fraction of sp³-hybridized carbons (Fsp3) is 0.500. The van der Waals surface area contributed by atoms with Crippen molar-refractivity contribution >= 4 is 17.6 Å². The first-order valence-electron chi connectivity index (χ1n) is 12.5. The van der Waals surface area contributed by atoms with Gasteiger partial charge in [-0.1, -0.05) is 0 Å². The van der Waals surface area contributed by atoms with E-state index in [1.54, 1.807) is 11.4 Å². The quantitative estimate of drug-likeness (QED) is 0.454. The van der Waals surface area contributed by atoms with E-state index in [9.17, 15) is 40.3 Å². The molecule has 2 unspecified atom stereocenters. The minimum atomic E-state index is -4.88. The molecular weight excluding hydrogens is 549 g/mol. The van der Waals surface area contributed by atoms with Crippen molar-refractivity contribution in [2.75, 3.05) is 11.4 Å². The number of pyridine rings is 1. The van der Waals surface area contributed by atoms with Crippen molar-refractivity contribution in [2.45, 2.75) is 75.6 Å². The molecule has 2 N–H and O–H groups in total. The summed E-state index contributed by atoms with van der Waals surface area (Å²) in [6.07, 6.45) is -5.60. The van der Waals surface area contributed by atoms with Crippen LogP contribution in [0.5, 0.6) is 5.75 Å². The van der Waals surface area contributed by atoms with Crippen LogP contribution in [0.3, 0.4) is 0 Å². The fourth-order valence-corrected chi connectivity index (χ4v) is 5.12. The predicted molar refractivity (Wildman–Crippen MR) is 129 cm³/mol. The Hall–Kier alpha value is -3.58. The van der Waals surface area contributed by atoms with Gasteiger partial charge in [0.2, 0.25) is 0 Å². The van der Waals surface area contributed by atoms with Gasteiger partial charge in [0.25, 0.3) is 11.8 Å². The van der Waals surface area contributed by atoms with Gasteiger partial charge >= 0.3 is 12.4 Å². The van der Waals surface area contributed by atoms with Gasteiger partial charge in [-0.25, -0.2) is 9.37 Å². The van der Waals surface area contributed by atoms with Crippen molar-refractivity contribution in [3.05, 3.63) is 53.5 Å². The number of carbonyl (C=O) groups is 2. The Kier molecular flexibility index (Phi) is 7.92. The zero-order valence-corrected chi connectivity index (χ0v) is 21.5. The Bertz CT molecular complexity index is 1230. The number of piperidine rings is 1. The molecule has 0 radical (unpaired) electrons. The average molecular weight is 577 g/mol. The number of fused-ring (bicyclic) bond motifs is 2. The number of carbonyl (C=O) groups excluding carboxylic acids is 2. The van der Waals surface area contributed by atoms with E-state index < -0.39 is 53.4 Å². The maximum absolute atomic E-state index is 13.4. The molecule has 1 aromatic heterocycles. The van der Waals surface area contributed by atoms with Crippen LogP contribution in [0.25, 0.3) is 0 Å². The van der Waals surface area contributed by atoms with Gasteiger partial charge in [0.05, 0.1) is 5.56 Å². The number of hydrogen-bond donors (Lipinski definition) is 2. The van der Waals surface area contributed by atoms with Crippen LogP contribution in [0.2, 0.25) is 0 Å². The van der Waals surface area contributed by atoms with Crippen molar-refractivity contribution in [2.24, 2.45) is 0 Å². The summed E-state index contributed by atoms with van der Waals surface area (Å²) in [5.41, 5.74) is -3.03. The molecular formula is C26H27F7N4O3. The number of hydrogen-bond acceptors (Lipinski definition) is 5. The third-order valence-corrected chi connectivity index (χ3v) is 6.95. The molecule has 2 bridgehead atoms. The molecule has 2 fully saturated rings. The lowest BCUT2D eigenvalue weighted by Crippen LogP contribution is -2.55. The third kappa shape index (κ3) is 6.76. The summed E-state index contributed by atoms with van der Waals surface area (Å²) in [6.45, 7) is 1.20. The first-order chi connectivity index (χ1) is 18.5. The third-order valence-electron chi connectivity index (χ3n) is 6.95. The van der Waals surface area contributed by atoms with Crippen LogP contribution in [0, 0.1) is 5.82 Å². The Morgan fingerprint density at radius 2 is 1.68 bits per heavy atom. The summed E-state index contributed by atoms with van der Waals surface area (Å²) in [7, 11) is 0. The Morgan fingerprint density at radius 1 is 1.02 bits per heavy atom. The number of nitrogens with one attached hydrogen (secondary N) is 2. The molecule has 2 atom stereocenters. The summed E-state index contributed by atoms with van der Waals surface area (Å²) in [5, 5.41) is 4.65. The van der Waals surface area contributed by atoms with Crippen LogP contribution >= 0.6 is 0 Å². The smallest absolute Gasteiger partial charge is 0.420 e. The maximum atomic E-state index is 13.4. The summed E-state index contributed by atoms with van der Waals surface area (Å²) in [6, 6.07) is 4.57. The van der Waals surface area contributed by atoms with E-state index in [1.165, 1.54) is 26.1 Å².